The fourth-order valence-corrected chi connectivity index (χ4v) is 4.07. The van der Waals surface area contributed by atoms with Gasteiger partial charge in [-0.1, -0.05) is 38.1 Å². The van der Waals surface area contributed by atoms with Gasteiger partial charge < -0.3 is 16.0 Å². The largest absolute Gasteiger partial charge is 0.350 e. The van der Waals surface area contributed by atoms with Crippen LogP contribution in [0.5, 0.6) is 0 Å². The third kappa shape index (κ3) is 5.44. The van der Waals surface area contributed by atoms with Gasteiger partial charge in [-0.05, 0) is 61.7 Å². The summed E-state index contributed by atoms with van der Waals surface area (Å²) in [7, 11) is 1.67. The van der Waals surface area contributed by atoms with Gasteiger partial charge in [-0.2, -0.15) is 0 Å². The number of nitrogens with zero attached hydrogens (tertiary/aromatic N) is 1. The van der Waals surface area contributed by atoms with E-state index in [1.807, 2.05) is 45.0 Å². The first-order valence-electron chi connectivity index (χ1n) is 11.5. The van der Waals surface area contributed by atoms with Gasteiger partial charge in [-0.15, -0.1) is 0 Å². The average molecular weight is 469 g/mol. The van der Waals surface area contributed by atoms with Gasteiger partial charge in [0.1, 0.15) is 17.9 Å². The fraction of sp³-hybridized carbons (Fsp3) is 0.423. The Morgan fingerprint density at radius 1 is 1.12 bits per heavy atom. The molecule has 0 saturated carbocycles. The summed E-state index contributed by atoms with van der Waals surface area (Å²) in [5.41, 5.74) is 3.09. The first-order chi connectivity index (χ1) is 16.1. The van der Waals surface area contributed by atoms with Crippen LogP contribution >= 0.6 is 0 Å². The second-order valence-corrected chi connectivity index (χ2v) is 9.09. The first kappa shape index (κ1) is 25.4. The Balaban J connectivity index is 1.85. The maximum atomic E-state index is 13.7. The number of likely N-dealkylation sites (N-methyl/N-ethyl adjacent to an activating group) is 1. The number of hydrogen-bond acceptors (Lipinski definition) is 4. The van der Waals surface area contributed by atoms with Gasteiger partial charge in [0.05, 0.1) is 6.04 Å². The monoisotopic (exact) mass is 468 g/mol. The number of carbonyl (C=O) groups excluding carboxylic acids is 3. The van der Waals surface area contributed by atoms with Crippen LogP contribution in [-0.4, -0.2) is 42.9 Å². The number of anilines is 1. The molecule has 0 fully saturated rings. The molecule has 182 valence electrons. The van der Waals surface area contributed by atoms with E-state index in [4.69, 9.17) is 0 Å². The molecule has 3 atom stereocenters. The van der Waals surface area contributed by atoms with Gasteiger partial charge in [0, 0.05) is 18.7 Å². The Morgan fingerprint density at radius 2 is 1.82 bits per heavy atom. The zero-order valence-corrected chi connectivity index (χ0v) is 20.3. The molecule has 34 heavy (non-hydrogen) atoms. The van der Waals surface area contributed by atoms with Crippen LogP contribution in [0, 0.1) is 18.7 Å². The van der Waals surface area contributed by atoms with Crippen molar-refractivity contribution in [1.82, 2.24) is 16.0 Å². The first-order valence-corrected chi connectivity index (χ1v) is 11.5. The molecule has 1 aliphatic rings. The number of rotatable bonds is 8. The molecular weight excluding hydrogens is 435 g/mol. The minimum atomic E-state index is -0.796. The van der Waals surface area contributed by atoms with Crippen molar-refractivity contribution in [1.29, 1.82) is 0 Å². The zero-order chi connectivity index (χ0) is 25.0. The van der Waals surface area contributed by atoms with Gasteiger partial charge in [-0.25, -0.2) is 4.39 Å². The molecule has 0 spiro atoms. The van der Waals surface area contributed by atoms with Crippen molar-refractivity contribution < 1.29 is 18.8 Å². The maximum Gasteiger partial charge on any atom is 0.250 e. The lowest BCUT2D eigenvalue weighted by atomic mass is 10.0. The molecule has 0 radical (unpaired) electrons. The van der Waals surface area contributed by atoms with Gasteiger partial charge in [0.25, 0.3) is 5.91 Å². The van der Waals surface area contributed by atoms with Crippen LogP contribution < -0.4 is 20.9 Å². The van der Waals surface area contributed by atoms with Gasteiger partial charge in [0.2, 0.25) is 11.8 Å². The Hall–Kier alpha value is -3.26. The highest BCUT2D eigenvalue weighted by atomic mass is 19.1. The topological polar surface area (TPSA) is 90.5 Å². The van der Waals surface area contributed by atoms with E-state index in [0.29, 0.717) is 17.7 Å². The third-order valence-corrected chi connectivity index (χ3v) is 6.34. The number of halogens is 1. The molecule has 2 aromatic rings. The summed E-state index contributed by atoms with van der Waals surface area (Å²) in [5, 5.41) is 8.58. The minimum absolute atomic E-state index is 0.154. The second-order valence-electron chi connectivity index (χ2n) is 9.09. The average Bonchev–Trinajstić information content (AvgIpc) is 3.21. The Morgan fingerprint density at radius 3 is 2.50 bits per heavy atom. The molecule has 3 rings (SSSR count). The van der Waals surface area contributed by atoms with E-state index in [9.17, 15) is 18.8 Å². The molecule has 7 nitrogen and oxygen atoms in total. The van der Waals surface area contributed by atoms with Crippen LogP contribution in [-0.2, 0) is 27.3 Å². The van der Waals surface area contributed by atoms with Crippen LogP contribution in [0.15, 0.2) is 42.5 Å². The smallest absolute Gasteiger partial charge is 0.250 e. The van der Waals surface area contributed by atoms with Gasteiger partial charge in [0.15, 0.2) is 0 Å². The van der Waals surface area contributed by atoms with Crippen molar-refractivity contribution in [3.63, 3.8) is 0 Å². The predicted octanol–water partition coefficient (Wildman–Crippen LogP) is 2.46. The van der Waals surface area contributed by atoms with Crippen LogP contribution in [0.2, 0.25) is 0 Å². The van der Waals surface area contributed by atoms with Crippen molar-refractivity contribution in [3.05, 3.63) is 65.0 Å². The molecule has 0 aromatic heterocycles. The molecule has 0 bridgehead atoms. The summed E-state index contributed by atoms with van der Waals surface area (Å²) >= 11 is 0. The summed E-state index contributed by atoms with van der Waals surface area (Å²) in [4.78, 5) is 41.0. The number of fused-ring (bicyclic) bond motifs is 1. The van der Waals surface area contributed by atoms with E-state index in [-0.39, 0.29) is 36.0 Å². The van der Waals surface area contributed by atoms with Gasteiger partial charge in [-0.3, -0.25) is 19.3 Å². The lowest BCUT2D eigenvalue weighted by Crippen LogP contribution is -2.58. The molecule has 2 unspecified atom stereocenters. The molecule has 0 saturated heterocycles. The minimum Gasteiger partial charge on any atom is -0.350 e. The predicted molar refractivity (Wildman–Crippen MR) is 130 cm³/mol. The number of nitrogens with one attached hydrogen (secondary N) is 3. The molecule has 8 heteroatoms. The molecular formula is C26H33FN4O3. The highest BCUT2D eigenvalue weighted by Crippen LogP contribution is 2.33. The van der Waals surface area contributed by atoms with Crippen LogP contribution in [0.25, 0.3) is 0 Å². The van der Waals surface area contributed by atoms with Crippen molar-refractivity contribution in [2.45, 2.75) is 58.8 Å². The summed E-state index contributed by atoms with van der Waals surface area (Å²) in [5.74, 6) is -1.51. The molecule has 3 N–H and O–H groups in total. The summed E-state index contributed by atoms with van der Waals surface area (Å²) in [6.07, 6.45) is 0.363. The Bertz CT molecular complexity index is 1070. The standard InChI is InChI=1S/C26H33FN4O3/c1-15(2)23(30-24(32)17(4)28-5)26(34)31-21-9-7-6-8-18(21)13-22(31)25(33)29-14-19-12-20(27)11-10-16(19)3/h6-12,15,17,22-23,28H,13-14H2,1-5H3,(H,29,33)(H,30,32)/t17-,22?,23?/m0/s1. The number of hydrogen-bond donors (Lipinski definition) is 3. The number of carbonyl (C=O) groups is 3. The molecule has 1 aliphatic heterocycles. The lowest BCUT2D eigenvalue weighted by Gasteiger charge is -2.31. The second kappa shape index (κ2) is 10.8. The van der Waals surface area contributed by atoms with E-state index in [1.165, 1.54) is 17.0 Å². The van der Waals surface area contributed by atoms with Crippen LogP contribution in [0.3, 0.4) is 0 Å². The highest BCUT2D eigenvalue weighted by Gasteiger charge is 2.42. The highest BCUT2D eigenvalue weighted by molar-refractivity contribution is 6.07. The fourth-order valence-electron chi connectivity index (χ4n) is 4.07. The Kier molecular flexibility index (Phi) is 8.04. The van der Waals surface area contributed by atoms with E-state index in [0.717, 1.165) is 11.1 Å². The lowest BCUT2D eigenvalue weighted by molar-refractivity contribution is -0.131. The van der Waals surface area contributed by atoms with E-state index in [2.05, 4.69) is 16.0 Å². The molecule has 2 aromatic carbocycles. The SMILES string of the molecule is CN[C@@H](C)C(=O)NC(C(=O)N1c2ccccc2CC1C(=O)NCc1cc(F)ccc1C)C(C)C. The number of amides is 3. The van der Waals surface area contributed by atoms with E-state index >= 15 is 0 Å². The van der Waals surface area contributed by atoms with Gasteiger partial charge >= 0.3 is 0 Å². The maximum absolute atomic E-state index is 13.7. The summed E-state index contributed by atoms with van der Waals surface area (Å²) in [6, 6.07) is 9.82. The molecule has 0 aliphatic carbocycles. The van der Waals surface area contributed by atoms with Crippen molar-refractivity contribution in [2.75, 3.05) is 11.9 Å². The Labute approximate surface area is 200 Å². The summed E-state index contributed by atoms with van der Waals surface area (Å²) in [6.45, 7) is 7.44. The number of benzene rings is 2. The normalized spacial score (nSPS) is 16.7. The molecule has 3 amide bonds. The van der Waals surface area contributed by atoms with Crippen LogP contribution in [0.1, 0.15) is 37.5 Å². The number of para-hydroxylation sites is 1. The number of aryl methyl sites for hydroxylation is 1. The van der Waals surface area contributed by atoms with Crippen molar-refractivity contribution >= 4 is 23.4 Å². The van der Waals surface area contributed by atoms with E-state index in [1.54, 1.807) is 20.0 Å². The quantitative estimate of drug-likeness (QED) is 0.555. The zero-order valence-electron chi connectivity index (χ0n) is 20.3. The van der Waals surface area contributed by atoms with Crippen LogP contribution in [0.4, 0.5) is 10.1 Å². The van der Waals surface area contributed by atoms with Crippen molar-refractivity contribution in [2.24, 2.45) is 5.92 Å². The van der Waals surface area contributed by atoms with Crippen molar-refractivity contribution in [3.8, 4) is 0 Å². The summed E-state index contributed by atoms with van der Waals surface area (Å²) < 4.78 is 13.7. The van der Waals surface area contributed by atoms with E-state index < -0.39 is 18.1 Å². The molecule has 1 heterocycles. The third-order valence-electron chi connectivity index (χ3n) is 6.34.